The van der Waals surface area contributed by atoms with E-state index in [0.29, 0.717) is 27.6 Å². The van der Waals surface area contributed by atoms with Gasteiger partial charge >= 0.3 is 5.97 Å². The van der Waals surface area contributed by atoms with Crippen LogP contribution in [0.15, 0.2) is 18.2 Å². The molecule has 0 amide bonds. The predicted octanol–water partition coefficient (Wildman–Crippen LogP) is 2.86. The molecule has 0 radical (unpaired) electrons. The van der Waals surface area contributed by atoms with Gasteiger partial charge in [0.2, 0.25) is 0 Å². The smallest absolute Gasteiger partial charge is 0.337 e. The molecule has 3 aromatic rings. The number of hydrogen-bond donors (Lipinski definition) is 1. The molecule has 6 heteroatoms. The molecule has 2 aromatic heterocycles. The zero-order chi connectivity index (χ0) is 13.6. The molecule has 0 atom stereocenters. The topological polar surface area (TPSA) is 67.9 Å². The molecular weight excluding hydrogens is 266 g/mol. The van der Waals surface area contributed by atoms with Crippen LogP contribution < -0.4 is 0 Å². The maximum atomic E-state index is 11.6. The predicted molar refractivity (Wildman–Crippen MR) is 72.5 cm³/mol. The zero-order valence-electron chi connectivity index (χ0n) is 10.3. The maximum Gasteiger partial charge on any atom is 0.337 e. The van der Waals surface area contributed by atoms with Crippen molar-refractivity contribution in [1.82, 2.24) is 15.0 Å². The van der Waals surface area contributed by atoms with Crippen LogP contribution in [0.4, 0.5) is 0 Å². The number of aryl methyl sites for hydroxylation is 1. The van der Waals surface area contributed by atoms with E-state index in [4.69, 9.17) is 16.3 Å². The van der Waals surface area contributed by atoms with Crippen molar-refractivity contribution < 1.29 is 9.53 Å². The molecule has 0 aliphatic carbocycles. The number of hydrogen-bond acceptors (Lipinski definition) is 4. The summed E-state index contributed by atoms with van der Waals surface area (Å²) in [5.41, 5.74) is 1.98. The van der Waals surface area contributed by atoms with Crippen LogP contribution in [-0.4, -0.2) is 28.0 Å². The van der Waals surface area contributed by atoms with Crippen LogP contribution in [0.2, 0.25) is 5.15 Å². The minimum absolute atomic E-state index is 0.371. The van der Waals surface area contributed by atoms with Gasteiger partial charge in [0.05, 0.1) is 18.1 Å². The van der Waals surface area contributed by atoms with Crippen molar-refractivity contribution in [3.63, 3.8) is 0 Å². The Morgan fingerprint density at radius 1 is 1.37 bits per heavy atom. The lowest BCUT2D eigenvalue weighted by atomic mass is 10.1. The van der Waals surface area contributed by atoms with Gasteiger partial charge in [-0.05, 0) is 25.1 Å². The van der Waals surface area contributed by atoms with Gasteiger partial charge in [-0.15, -0.1) is 0 Å². The number of nitrogens with one attached hydrogen (secondary N) is 1. The second-order valence-electron chi connectivity index (χ2n) is 4.16. The van der Waals surface area contributed by atoms with Gasteiger partial charge in [0, 0.05) is 10.9 Å². The number of ether oxygens (including phenoxy) is 1. The summed E-state index contributed by atoms with van der Waals surface area (Å²) in [7, 11) is 1.35. The van der Waals surface area contributed by atoms with Crippen molar-refractivity contribution in [1.29, 1.82) is 0 Å². The number of carbonyl (C=O) groups excluding carboxylic acids is 1. The maximum absolute atomic E-state index is 11.6. The summed E-state index contributed by atoms with van der Waals surface area (Å²) in [4.78, 5) is 23.2. The first-order chi connectivity index (χ1) is 9.10. The Kier molecular flexibility index (Phi) is 2.64. The van der Waals surface area contributed by atoms with E-state index in [1.54, 1.807) is 25.1 Å². The van der Waals surface area contributed by atoms with Crippen molar-refractivity contribution in [2.75, 3.05) is 7.11 Å². The lowest BCUT2D eigenvalue weighted by Crippen LogP contribution is -2.00. The fourth-order valence-electron chi connectivity index (χ4n) is 2.10. The van der Waals surface area contributed by atoms with E-state index in [2.05, 4.69) is 15.0 Å². The van der Waals surface area contributed by atoms with Crippen LogP contribution in [0.25, 0.3) is 21.9 Å². The number of halogens is 1. The molecule has 3 rings (SSSR count). The van der Waals surface area contributed by atoms with E-state index < -0.39 is 0 Å². The van der Waals surface area contributed by atoms with Crippen molar-refractivity contribution in [3.8, 4) is 0 Å². The van der Waals surface area contributed by atoms with E-state index in [1.807, 2.05) is 0 Å². The summed E-state index contributed by atoms with van der Waals surface area (Å²) in [5.74, 6) is 0.206. The van der Waals surface area contributed by atoms with Crippen LogP contribution >= 0.6 is 11.6 Å². The average Bonchev–Trinajstić information content (AvgIpc) is 2.74. The molecule has 0 saturated heterocycles. The highest BCUT2D eigenvalue weighted by Gasteiger charge is 2.13. The molecule has 19 heavy (non-hydrogen) atoms. The zero-order valence-corrected chi connectivity index (χ0v) is 11.1. The largest absolute Gasteiger partial charge is 0.465 e. The van der Waals surface area contributed by atoms with Crippen LogP contribution in [0.3, 0.4) is 0 Å². The van der Waals surface area contributed by atoms with Crippen LogP contribution in [0.1, 0.15) is 16.2 Å². The van der Waals surface area contributed by atoms with Gasteiger partial charge in [-0.25, -0.2) is 14.8 Å². The summed E-state index contributed by atoms with van der Waals surface area (Å²) in [6.45, 7) is 1.77. The Balaban J connectivity index is 2.38. The highest BCUT2D eigenvalue weighted by molar-refractivity contribution is 6.36. The highest BCUT2D eigenvalue weighted by atomic mass is 35.5. The second kappa shape index (κ2) is 4.20. The average molecular weight is 276 g/mol. The first-order valence-corrected chi connectivity index (χ1v) is 6.02. The molecule has 0 bridgehead atoms. The molecule has 0 fully saturated rings. The van der Waals surface area contributed by atoms with Crippen LogP contribution in [0, 0.1) is 6.92 Å². The van der Waals surface area contributed by atoms with E-state index in [-0.39, 0.29) is 5.97 Å². The monoisotopic (exact) mass is 275 g/mol. The molecule has 0 aliphatic heterocycles. The number of aromatic nitrogens is 3. The summed E-state index contributed by atoms with van der Waals surface area (Å²) >= 11 is 6.16. The molecule has 1 N–H and O–H groups in total. The third-order valence-corrected chi connectivity index (χ3v) is 3.21. The minimum atomic E-state index is -0.389. The molecule has 2 heterocycles. The molecule has 96 valence electrons. The summed E-state index contributed by atoms with van der Waals surface area (Å²) in [5, 5.41) is 1.90. The van der Waals surface area contributed by atoms with Crippen molar-refractivity contribution in [3.05, 3.63) is 34.7 Å². The Morgan fingerprint density at radius 3 is 2.89 bits per heavy atom. The molecule has 0 saturated carbocycles. The second-order valence-corrected chi connectivity index (χ2v) is 4.52. The molecule has 5 nitrogen and oxygen atoms in total. The lowest BCUT2D eigenvalue weighted by Gasteiger charge is -1.99. The van der Waals surface area contributed by atoms with Crippen LogP contribution in [-0.2, 0) is 4.74 Å². The number of benzene rings is 1. The van der Waals surface area contributed by atoms with Gasteiger partial charge in [-0.1, -0.05) is 11.6 Å². The van der Waals surface area contributed by atoms with Gasteiger partial charge in [-0.2, -0.15) is 0 Å². The molecule has 0 aliphatic rings. The van der Waals surface area contributed by atoms with E-state index >= 15 is 0 Å². The van der Waals surface area contributed by atoms with E-state index in [0.717, 1.165) is 10.9 Å². The fraction of sp³-hybridized carbons (Fsp3) is 0.154. The van der Waals surface area contributed by atoms with Gasteiger partial charge in [0.25, 0.3) is 0 Å². The quantitative estimate of drug-likeness (QED) is 0.548. The third kappa shape index (κ3) is 1.82. The Morgan fingerprint density at radius 2 is 2.16 bits per heavy atom. The van der Waals surface area contributed by atoms with Gasteiger partial charge in [0.15, 0.2) is 0 Å². The number of fused-ring (bicyclic) bond motifs is 3. The minimum Gasteiger partial charge on any atom is -0.465 e. The summed E-state index contributed by atoms with van der Waals surface area (Å²) in [6.07, 6.45) is 0. The van der Waals surface area contributed by atoms with E-state index in [1.165, 1.54) is 7.11 Å². The first kappa shape index (κ1) is 11.9. The van der Waals surface area contributed by atoms with Crippen molar-refractivity contribution in [2.24, 2.45) is 0 Å². The molecular formula is C13H10ClN3O2. The highest BCUT2D eigenvalue weighted by Crippen LogP contribution is 2.30. The summed E-state index contributed by atoms with van der Waals surface area (Å²) < 4.78 is 4.71. The standard InChI is InChI=1S/C13H10ClN3O2/c1-6-15-11(14)10-8-5-7(13(18)19-2)3-4-9(8)17-12(10)16-6/h3-5H,1-2H3,(H,15,16,17). The van der Waals surface area contributed by atoms with E-state index in [9.17, 15) is 4.79 Å². The van der Waals surface area contributed by atoms with Gasteiger partial charge in [0.1, 0.15) is 16.6 Å². The lowest BCUT2D eigenvalue weighted by molar-refractivity contribution is 0.0601. The Labute approximate surface area is 113 Å². The number of H-pyrrole nitrogens is 1. The van der Waals surface area contributed by atoms with Crippen molar-refractivity contribution >= 4 is 39.5 Å². The number of rotatable bonds is 1. The number of esters is 1. The van der Waals surface area contributed by atoms with Crippen molar-refractivity contribution in [2.45, 2.75) is 6.92 Å². The number of carbonyl (C=O) groups is 1. The summed E-state index contributed by atoms with van der Waals surface area (Å²) in [6, 6.07) is 5.22. The third-order valence-electron chi connectivity index (χ3n) is 2.94. The number of nitrogens with zero attached hydrogens (tertiary/aromatic N) is 2. The van der Waals surface area contributed by atoms with Gasteiger partial charge in [-0.3, -0.25) is 0 Å². The molecule has 1 aromatic carbocycles. The number of methoxy groups -OCH3 is 1. The normalized spacial score (nSPS) is 11.1. The Bertz CT molecular complexity index is 810. The Hall–Kier alpha value is -2.14. The van der Waals surface area contributed by atoms with Crippen LogP contribution in [0.5, 0.6) is 0 Å². The molecule has 0 spiro atoms. The van der Waals surface area contributed by atoms with Gasteiger partial charge < -0.3 is 9.72 Å². The first-order valence-electron chi connectivity index (χ1n) is 5.64. The SMILES string of the molecule is COC(=O)c1ccc2[nH]c3nc(C)nc(Cl)c3c2c1. The number of aromatic amines is 1. The molecule has 0 unspecified atom stereocenters. The fourth-order valence-corrected chi connectivity index (χ4v) is 2.41.